The quantitative estimate of drug-likeness (QED) is 0.555. The van der Waals surface area contributed by atoms with E-state index in [0.29, 0.717) is 26.2 Å². The predicted molar refractivity (Wildman–Crippen MR) is 52.4 cm³/mol. The zero-order valence-electron chi connectivity index (χ0n) is 8.56. The Morgan fingerprint density at radius 3 is 2.47 bits per heavy atom. The van der Waals surface area contributed by atoms with Crippen LogP contribution in [0.2, 0.25) is 0 Å². The number of carbonyl (C=O) groups is 2. The van der Waals surface area contributed by atoms with E-state index >= 15 is 0 Å². The van der Waals surface area contributed by atoms with Crippen LogP contribution in [0.25, 0.3) is 0 Å². The third-order valence-electron chi connectivity index (χ3n) is 2.47. The molecule has 0 spiro atoms. The van der Waals surface area contributed by atoms with E-state index in [0.717, 1.165) is 13.0 Å². The highest BCUT2D eigenvalue weighted by Crippen LogP contribution is 2.03. The lowest BCUT2D eigenvalue weighted by Crippen LogP contribution is -2.39. The normalized spacial score (nSPS) is 18.6. The summed E-state index contributed by atoms with van der Waals surface area (Å²) in [6.45, 7) is 2.99. The first-order valence-corrected chi connectivity index (χ1v) is 5.00. The summed E-state index contributed by atoms with van der Waals surface area (Å²) in [5.41, 5.74) is 0. The molecule has 0 saturated carbocycles. The monoisotopic (exact) mass is 216 g/mol. The second kappa shape index (κ2) is 5.67. The first kappa shape index (κ1) is 11.9. The van der Waals surface area contributed by atoms with E-state index in [1.54, 1.807) is 0 Å². The number of carboxylic acids is 1. The van der Waals surface area contributed by atoms with Crippen LogP contribution in [-0.2, 0) is 9.59 Å². The van der Waals surface area contributed by atoms with E-state index in [2.05, 4.69) is 0 Å². The van der Waals surface area contributed by atoms with Crippen molar-refractivity contribution in [2.45, 2.75) is 6.42 Å². The second-order valence-corrected chi connectivity index (χ2v) is 3.52. The second-order valence-electron chi connectivity index (χ2n) is 3.52. The van der Waals surface area contributed by atoms with Gasteiger partial charge in [0, 0.05) is 26.2 Å². The maximum atomic E-state index is 11.2. The van der Waals surface area contributed by atoms with Crippen LogP contribution in [0.5, 0.6) is 0 Å². The number of amides is 1. The van der Waals surface area contributed by atoms with Crippen molar-refractivity contribution in [3.8, 4) is 0 Å². The van der Waals surface area contributed by atoms with Gasteiger partial charge in [0.2, 0.25) is 0 Å². The molecule has 0 atom stereocenters. The fraction of sp³-hybridized carbons (Fsp3) is 0.778. The summed E-state index contributed by atoms with van der Waals surface area (Å²) in [6, 6.07) is 0. The lowest BCUT2D eigenvalue weighted by Gasteiger charge is -2.19. The summed E-state index contributed by atoms with van der Waals surface area (Å²) in [5, 5.41) is 17.3. The van der Waals surface area contributed by atoms with Crippen LogP contribution in [0.4, 0.5) is 0 Å². The van der Waals surface area contributed by atoms with Crippen LogP contribution in [0.3, 0.4) is 0 Å². The van der Waals surface area contributed by atoms with Gasteiger partial charge in [-0.15, -0.1) is 0 Å². The van der Waals surface area contributed by atoms with E-state index in [9.17, 15) is 9.59 Å². The highest BCUT2D eigenvalue weighted by Gasteiger charge is 2.23. The van der Waals surface area contributed by atoms with Gasteiger partial charge in [-0.3, -0.25) is 9.69 Å². The number of aliphatic carboxylic acids is 1. The third kappa shape index (κ3) is 3.49. The Morgan fingerprint density at radius 2 is 1.87 bits per heavy atom. The van der Waals surface area contributed by atoms with Crippen molar-refractivity contribution in [3.63, 3.8) is 0 Å². The van der Waals surface area contributed by atoms with Crippen molar-refractivity contribution in [3.05, 3.63) is 0 Å². The Balaban J connectivity index is 2.45. The van der Waals surface area contributed by atoms with Gasteiger partial charge < -0.3 is 15.1 Å². The molecule has 0 aromatic carbocycles. The molecule has 6 heteroatoms. The highest BCUT2D eigenvalue weighted by molar-refractivity contribution is 6.31. The topological polar surface area (TPSA) is 81.1 Å². The number of β-amino-alcohol motifs (C(OH)–C–C–N with tert-alkyl or cyclic N) is 1. The summed E-state index contributed by atoms with van der Waals surface area (Å²) in [5.74, 6) is -2.23. The minimum absolute atomic E-state index is 0.0902. The van der Waals surface area contributed by atoms with E-state index in [-0.39, 0.29) is 6.61 Å². The van der Waals surface area contributed by atoms with Crippen molar-refractivity contribution in [1.82, 2.24) is 9.80 Å². The van der Waals surface area contributed by atoms with Gasteiger partial charge in [0.25, 0.3) is 0 Å². The Morgan fingerprint density at radius 1 is 1.13 bits per heavy atom. The molecule has 1 saturated heterocycles. The average Bonchev–Trinajstić information content (AvgIpc) is 2.43. The predicted octanol–water partition coefficient (Wildman–Crippen LogP) is -1.40. The minimum atomic E-state index is -1.40. The van der Waals surface area contributed by atoms with E-state index in [4.69, 9.17) is 10.2 Å². The zero-order chi connectivity index (χ0) is 11.3. The molecule has 0 aromatic rings. The third-order valence-corrected chi connectivity index (χ3v) is 2.47. The molecule has 1 aliphatic rings. The smallest absolute Gasteiger partial charge is 0.394 e. The number of carbonyl (C=O) groups excluding carboxylic acids is 1. The maximum absolute atomic E-state index is 11.2. The minimum Gasteiger partial charge on any atom is -0.474 e. The molecule has 15 heavy (non-hydrogen) atoms. The molecular formula is C9H16N2O4. The fourth-order valence-electron chi connectivity index (χ4n) is 1.67. The van der Waals surface area contributed by atoms with Crippen molar-refractivity contribution in [2.75, 3.05) is 39.3 Å². The number of aliphatic hydroxyl groups excluding tert-OH is 1. The van der Waals surface area contributed by atoms with Crippen molar-refractivity contribution >= 4 is 11.9 Å². The molecule has 1 amide bonds. The van der Waals surface area contributed by atoms with Crippen molar-refractivity contribution < 1.29 is 19.8 Å². The molecule has 0 aliphatic carbocycles. The number of carboxylic acid groups (broad SMARTS) is 1. The fourth-order valence-corrected chi connectivity index (χ4v) is 1.67. The van der Waals surface area contributed by atoms with Gasteiger partial charge in [0.15, 0.2) is 0 Å². The number of hydrogen-bond donors (Lipinski definition) is 2. The molecular weight excluding hydrogens is 200 g/mol. The van der Waals surface area contributed by atoms with Crippen molar-refractivity contribution in [1.29, 1.82) is 0 Å². The summed E-state index contributed by atoms with van der Waals surface area (Å²) >= 11 is 0. The molecule has 2 N–H and O–H groups in total. The number of rotatable bonds is 2. The number of hydrogen-bond acceptors (Lipinski definition) is 4. The molecule has 1 aliphatic heterocycles. The van der Waals surface area contributed by atoms with Gasteiger partial charge in [-0.1, -0.05) is 0 Å². The van der Waals surface area contributed by atoms with Crippen LogP contribution in [-0.4, -0.2) is 71.2 Å². The molecule has 0 aromatic heterocycles. The molecule has 6 nitrogen and oxygen atoms in total. The molecule has 0 bridgehead atoms. The van der Waals surface area contributed by atoms with E-state index in [1.807, 2.05) is 4.90 Å². The van der Waals surface area contributed by atoms with Crippen LogP contribution in [0, 0.1) is 0 Å². The molecule has 1 heterocycles. The lowest BCUT2D eigenvalue weighted by atomic mass is 10.3. The Labute approximate surface area is 88.1 Å². The van der Waals surface area contributed by atoms with E-state index in [1.165, 1.54) is 4.90 Å². The molecule has 1 rings (SSSR count). The number of aliphatic hydroxyl groups is 1. The van der Waals surface area contributed by atoms with Crippen LogP contribution >= 0.6 is 0 Å². The van der Waals surface area contributed by atoms with Crippen LogP contribution in [0.1, 0.15) is 6.42 Å². The first-order valence-electron chi connectivity index (χ1n) is 5.00. The Bertz CT molecular complexity index is 244. The summed E-state index contributed by atoms with van der Waals surface area (Å²) in [7, 11) is 0. The van der Waals surface area contributed by atoms with Crippen LogP contribution < -0.4 is 0 Å². The van der Waals surface area contributed by atoms with Crippen LogP contribution in [0.15, 0.2) is 0 Å². The Kier molecular flexibility index (Phi) is 4.51. The summed E-state index contributed by atoms with van der Waals surface area (Å²) in [4.78, 5) is 25.0. The molecule has 1 fully saturated rings. The maximum Gasteiger partial charge on any atom is 0.394 e. The van der Waals surface area contributed by atoms with Gasteiger partial charge >= 0.3 is 11.9 Å². The zero-order valence-corrected chi connectivity index (χ0v) is 8.56. The van der Waals surface area contributed by atoms with Gasteiger partial charge in [-0.25, -0.2) is 4.79 Å². The molecule has 0 radical (unpaired) electrons. The highest BCUT2D eigenvalue weighted by atomic mass is 16.4. The number of nitrogens with zero attached hydrogens (tertiary/aromatic N) is 2. The molecule has 86 valence electrons. The standard InChI is InChI=1S/C9H16N2O4/c12-7-6-10-2-1-3-11(5-4-10)8(13)9(14)15/h12H,1-7H2,(H,14,15). The first-order chi connectivity index (χ1) is 7.15. The Hall–Kier alpha value is -1.14. The van der Waals surface area contributed by atoms with Gasteiger partial charge in [0.1, 0.15) is 0 Å². The average molecular weight is 216 g/mol. The summed E-state index contributed by atoms with van der Waals surface area (Å²) in [6.07, 6.45) is 0.749. The van der Waals surface area contributed by atoms with Crippen molar-refractivity contribution in [2.24, 2.45) is 0 Å². The largest absolute Gasteiger partial charge is 0.474 e. The van der Waals surface area contributed by atoms with Gasteiger partial charge in [0.05, 0.1) is 6.61 Å². The van der Waals surface area contributed by atoms with Gasteiger partial charge in [-0.2, -0.15) is 0 Å². The summed E-state index contributed by atoms with van der Waals surface area (Å²) < 4.78 is 0. The van der Waals surface area contributed by atoms with Gasteiger partial charge in [-0.05, 0) is 13.0 Å². The van der Waals surface area contributed by atoms with E-state index < -0.39 is 11.9 Å². The molecule has 0 unspecified atom stereocenters. The lowest BCUT2D eigenvalue weighted by molar-refractivity contribution is -0.155. The SMILES string of the molecule is O=C(O)C(=O)N1CCCN(CCO)CC1.